The lowest BCUT2D eigenvalue weighted by Crippen LogP contribution is -1.82. The summed E-state index contributed by atoms with van der Waals surface area (Å²) < 4.78 is 1.19. The van der Waals surface area contributed by atoms with Gasteiger partial charge in [0.05, 0.1) is 0 Å². The van der Waals surface area contributed by atoms with Crippen LogP contribution in [-0.2, 0) is 11.2 Å². The third-order valence-electron chi connectivity index (χ3n) is 1.71. The van der Waals surface area contributed by atoms with Gasteiger partial charge in [-0.05, 0) is 30.5 Å². The second kappa shape index (κ2) is 7.99. The summed E-state index contributed by atoms with van der Waals surface area (Å²) in [7, 11) is 0. The minimum atomic E-state index is 1.19. The van der Waals surface area contributed by atoms with E-state index < -0.39 is 0 Å². The minimum absolute atomic E-state index is 1.19. The van der Waals surface area contributed by atoms with Gasteiger partial charge in [0.15, 0.2) is 0 Å². The van der Waals surface area contributed by atoms with Crippen LogP contribution in [0.4, 0.5) is 0 Å². The standard InChI is InChI=1S/C10H13Br.CH2O/c1-2-3-5-9-6-4-7-10(11)8-9;1-2/h4,6-8H,2-3,5H2,1H3;1H2. The number of rotatable bonds is 3. The van der Waals surface area contributed by atoms with Crippen LogP contribution in [0.15, 0.2) is 28.7 Å². The average molecular weight is 243 g/mol. The second-order valence-corrected chi connectivity index (χ2v) is 3.65. The molecule has 1 nitrogen and oxygen atoms in total. The molecule has 72 valence electrons. The molecule has 0 fully saturated rings. The number of aryl methyl sites for hydroxylation is 1. The predicted octanol–water partition coefficient (Wildman–Crippen LogP) is 3.61. The van der Waals surface area contributed by atoms with E-state index in [0.29, 0.717) is 0 Å². The van der Waals surface area contributed by atoms with Gasteiger partial charge < -0.3 is 4.79 Å². The summed E-state index contributed by atoms with van der Waals surface area (Å²) in [4.78, 5) is 8.00. The summed E-state index contributed by atoms with van der Waals surface area (Å²) in [6.45, 7) is 4.22. The summed E-state index contributed by atoms with van der Waals surface area (Å²) in [5.41, 5.74) is 1.43. The van der Waals surface area contributed by atoms with Crippen molar-refractivity contribution in [3.8, 4) is 0 Å². The highest BCUT2D eigenvalue weighted by molar-refractivity contribution is 9.10. The van der Waals surface area contributed by atoms with Crippen LogP contribution in [0.1, 0.15) is 25.3 Å². The Morgan fingerprint density at radius 1 is 1.38 bits per heavy atom. The molecular formula is C11H15BrO. The van der Waals surface area contributed by atoms with Gasteiger partial charge >= 0.3 is 0 Å². The number of hydrogen-bond acceptors (Lipinski definition) is 1. The molecule has 13 heavy (non-hydrogen) atoms. The zero-order chi connectivity index (χ0) is 10.1. The molecule has 0 radical (unpaired) electrons. The van der Waals surface area contributed by atoms with E-state index in [0.717, 1.165) is 0 Å². The van der Waals surface area contributed by atoms with E-state index in [-0.39, 0.29) is 0 Å². The molecule has 0 bridgehead atoms. The Labute approximate surface area is 88.3 Å². The number of carbonyl (C=O) groups is 1. The second-order valence-electron chi connectivity index (χ2n) is 2.73. The number of halogens is 1. The van der Waals surface area contributed by atoms with Gasteiger partial charge in [0, 0.05) is 4.47 Å². The van der Waals surface area contributed by atoms with Gasteiger partial charge in [-0.25, -0.2) is 0 Å². The molecule has 0 aliphatic carbocycles. The summed E-state index contributed by atoms with van der Waals surface area (Å²) in [6, 6.07) is 8.53. The molecule has 0 saturated carbocycles. The van der Waals surface area contributed by atoms with E-state index >= 15 is 0 Å². The molecule has 0 heterocycles. The van der Waals surface area contributed by atoms with Crippen molar-refractivity contribution in [2.75, 3.05) is 0 Å². The van der Waals surface area contributed by atoms with E-state index in [9.17, 15) is 0 Å². The average Bonchev–Trinajstić information content (AvgIpc) is 2.18. The fraction of sp³-hybridized carbons (Fsp3) is 0.364. The van der Waals surface area contributed by atoms with Gasteiger partial charge in [-0.3, -0.25) is 0 Å². The summed E-state index contributed by atoms with van der Waals surface area (Å²) >= 11 is 3.45. The normalized spacial score (nSPS) is 8.77. The lowest BCUT2D eigenvalue weighted by molar-refractivity contribution is -0.0979. The minimum Gasteiger partial charge on any atom is -0.307 e. The molecule has 1 rings (SSSR count). The van der Waals surface area contributed by atoms with Crippen LogP contribution in [0.2, 0.25) is 0 Å². The fourth-order valence-corrected chi connectivity index (χ4v) is 1.52. The van der Waals surface area contributed by atoms with Gasteiger partial charge in [-0.2, -0.15) is 0 Å². The van der Waals surface area contributed by atoms with Crippen molar-refractivity contribution in [1.29, 1.82) is 0 Å². The molecule has 0 aliphatic heterocycles. The highest BCUT2D eigenvalue weighted by Gasteiger charge is 1.91. The summed E-state index contributed by atoms with van der Waals surface area (Å²) in [5.74, 6) is 0. The van der Waals surface area contributed by atoms with E-state index in [1.807, 2.05) is 6.79 Å². The Hall–Kier alpha value is -0.630. The molecular weight excluding hydrogens is 228 g/mol. The largest absolute Gasteiger partial charge is 0.307 e. The molecule has 1 aromatic rings. The highest BCUT2D eigenvalue weighted by atomic mass is 79.9. The van der Waals surface area contributed by atoms with Crippen LogP contribution < -0.4 is 0 Å². The van der Waals surface area contributed by atoms with Crippen molar-refractivity contribution in [3.05, 3.63) is 34.3 Å². The Morgan fingerprint density at radius 2 is 2.08 bits per heavy atom. The Kier molecular flexibility index (Phi) is 7.60. The molecule has 0 atom stereocenters. The first-order chi connectivity index (χ1) is 6.33. The van der Waals surface area contributed by atoms with Crippen LogP contribution in [0.3, 0.4) is 0 Å². The van der Waals surface area contributed by atoms with Crippen LogP contribution in [-0.4, -0.2) is 6.79 Å². The van der Waals surface area contributed by atoms with Crippen molar-refractivity contribution in [2.45, 2.75) is 26.2 Å². The SMILES string of the molecule is C=O.CCCCc1cccc(Br)c1. The van der Waals surface area contributed by atoms with Crippen LogP contribution in [0, 0.1) is 0 Å². The topological polar surface area (TPSA) is 17.1 Å². The Morgan fingerprint density at radius 3 is 2.62 bits per heavy atom. The summed E-state index contributed by atoms with van der Waals surface area (Å²) in [5, 5.41) is 0. The first-order valence-corrected chi connectivity index (χ1v) is 5.15. The molecule has 0 N–H and O–H groups in total. The van der Waals surface area contributed by atoms with Gasteiger partial charge in [-0.15, -0.1) is 0 Å². The number of carbonyl (C=O) groups excluding carboxylic acids is 1. The van der Waals surface area contributed by atoms with E-state index in [1.54, 1.807) is 0 Å². The van der Waals surface area contributed by atoms with Crippen molar-refractivity contribution >= 4 is 22.7 Å². The zero-order valence-corrected chi connectivity index (χ0v) is 9.51. The van der Waals surface area contributed by atoms with Crippen molar-refractivity contribution < 1.29 is 4.79 Å². The maximum Gasteiger partial charge on any atom is 0.106 e. The quantitative estimate of drug-likeness (QED) is 0.792. The monoisotopic (exact) mass is 242 g/mol. The van der Waals surface area contributed by atoms with Crippen LogP contribution in [0.25, 0.3) is 0 Å². The summed E-state index contributed by atoms with van der Waals surface area (Å²) in [6.07, 6.45) is 3.76. The first kappa shape index (κ1) is 12.4. The molecule has 0 amide bonds. The number of benzene rings is 1. The Balaban J connectivity index is 0.000000671. The van der Waals surface area contributed by atoms with Crippen molar-refractivity contribution in [3.63, 3.8) is 0 Å². The smallest absolute Gasteiger partial charge is 0.106 e. The molecule has 0 saturated heterocycles. The Bertz CT molecular complexity index is 235. The first-order valence-electron chi connectivity index (χ1n) is 4.36. The van der Waals surface area contributed by atoms with E-state index in [1.165, 1.54) is 29.3 Å². The molecule has 0 spiro atoms. The molecule has 1 aromatic carbocycles. The fourth-order valence-electron chi connectivity index (χ4n) is 1.07. The van der Waals surface area contributed by atoms with E-state index in [4.69, 9.17) is 4.79 Å². The molecule has 2 heteroatoms. The van der Waals surface area contributed by atoms with Gasteiger partial charge in [0.2, 0.25) is 0 Å². The lowest BCUT2D eigenvalue weighted by Gasteiger charge is -1.98. The molecule has 0 aliphatic rings. The van der Waals surface area contributed by atoms with Gasteiger partial charge in [0.1, 0.15) is 6.79 Å². The maximum absolute atomic E-state index is 8.00. The van der Waals surface area contributed by atoms with Gasteiger partial charge in [0.25, 0.3) is 0 Å². The maximum atomic E-state index is 8.00. The van der Waals surface area contributed by atoms with E-state index in [2.05, 4.69) is 47.1 Å². The lowest BCUT2D eigenvalue weighted by atomic mass is 10.1. The third kappa shape index (κ3) is 5.58. The van der Waals surface area contributed by atoms with Crippen LogP contribution >= 0.6 is 15.9 Å². The van der Waals surface area contributed by atoms with Crippen molar-refractivity contribution in [1.82, 2.24) is 0 Å². The number of unbranched alkanes of at least 4 members (excludes halogenated alkanes) is 1. The predicted molar refractivity (Wildman–Crippen MR) is 59.9 cm³/mol. The van der Waals surface area contributed by atoms with Crippen molar-refractivity contribution in [2.24, 2.45) is 0 Å². The van der Waals surface area contributed by atoms with Gasteiger partial charge in [-0.1, -0.05) is 41.4 Å². The molecule has 0 aromatic heterocycles. The van der Waals surface area contributed by atoms with Crippen LogP contribution in [0.5, 0.6) is 0 Å². The third-order valence-corrected chi connectivity index (χ3v) is 2.20. The molecule has 0 unspecified atom stereocenters. The number of hydrogen-bond donors (Lipinski definition) is 0. The zero-order valence-electron chi connectivity index (χ0n) is 7.92. The highest BCUT2D eigenvalue weighted by Crippen LogP contribution is 2.13.